The Morgan fingerprint density at radius 1 is 0.862 bits per heavy atom. The van der Waals surface area contributed by atoms with Crippen molar-refractivity contribution in [1.29, 1.82) is 0 Å². The number of benzene rings is 3. The van der Waals surface area contributed by atoms with Crippen LogP contribution >= 0.6 is 0 Å². The van der Waals surface area contributed by atoms with Crippen molar-refractivity contribution in [1.82, 2.24) is 5.32 Å². The Labute approximate surface area is 170 Å². The number of rotatable bonds is 8. The van der Waals surface area contributed by atoms with Gasteiger partial charge in [0.2, 0.25) is 15.9 Å². The monoisotopic (exact) mass is 410 g/mol. The highest BCUT2D eigenvalue weighted by Crippen LogP contribution is 2.19. The molecule has 0 saturated heterocycles. The van der Waals surface area contributed by atoms with Crippen molar-refractivity contribution in [3.63, 3.8) is 0 Å². The molecular formula is C22H22N2O4S. The van der Waals surface area contributed by atoms with Crippen LogP contribution in [0.3, 0.4) is 0 Å². The number of nitrogens with one attached hydrogen (secondary N) is 1. The van der Waals surface area contributed by atoms with Crippen LogP contribution < -0.4 is 15.2 Å². The van der Waals surface area contributed by atoms with Crippen LogP contribution in [-0.4, -0.2) is 14.3 Å². The lowest BCUT2D eigenvalue weighted by atomic mass is 10.1. The van der Waals surface area contributed by atoms with E-state index in [2.05, 4.69) is 5.32 Å². The Kier molecular flexibility index (Phi) is 6.64. The van der Waals surface area contributed by atoms with Gasteiger partial charge in [-0.3, -0.25) is 4.79 Å². The lowest BCUT2D eigenvalue weighted by Crippen LogP contribution is -2.24. The average Bonchev–Trinajstić information content (AvgIpc) is 2.72. The van der Waals surface area contributed by atoms with Crippen molar-refractivity contribution in [2.24, 2.45) is 5.14 Å². The third kappa shape index (κ3) is 6.17. The Morgan fingerprint density at radius 3 is 2.21 bits per heavy atom. The largest absolute Gasteiger partial charge is 0.489 e. The molecule has 0 saturated carbocycles. The quantitative estimate of drug-likeness (QED) is 0.597. The van der Waals surface area contributed by atoms with Crippen molar-refractivity contribution in [2.45, 2.75) is 24.5 Å². The molecule has 3 N–H and O–H groups in total. The fourth-order valence-electron chi connectivity index (χ4n) is 2.76. The number of amides is 1. The Bertz CT molecular complexity index is 1070. The fourth-order valence-corrected chi connectivity index (χ4v) is 3.28. The molecule has 0 atom stereocenters. The van der Waals surface area contributed by atoms with Gasteiger partial charge < -0.3 is 10.1 Å². The summed E-state index contributed by atoms with van der Waals surface area (Å²) >= 11 is 0. The smallest absolute Gasteiger partial charge is 0.238 e. The third-order valence-corrected chi connectivity index (χ3v) is 5.23. The van der Waals surface area contributed by atoms with E-state index in [0.29, 0.717) is 24.5 Å². The van der Waals surface area contributed by atoms with Gasteiger partial charge in [-0.25, -0.2) is 13.6 Å². The minimum Gasteiger partial charge on any atom is -0.489 e. The molecule has 0 bridgehead atoms. The Balaban J connectivity index is 1.56. The van der Waals surface area contributed by atoms with Gasteiger partial charge in [0.1, 0.15) is 12.4 Å². The second kappa shape index (κ2) is 9.36. The molecule has 0 aliphatic rings. The molecule has 0 spiro atoms. The SMILES string of the molecule is NS(=O)(=O)c1ccc(CC(=O)NCc2ccccc2OCc2ccccc2)cc1. The highest BCUT2D eigenvalue weighted by Gasteiger charge is 2.10. The average molecular weight is 410 g/mol. The number of para-hydroxylation sites is 1. The topological polar surface area (TPSA) is 98.5 Å². The second-order valence-electron chi connectivity index (χ2n) is 6.52. The fraction of sp³-hybridized carbons (Fsp3) is 0.136. The first-order chi connectivity index (χ1) is 13.9. The molecule has 0 heterocycles. The number of sulfonamides is 1. The van der Waals surface area contributed by atoms with E-state index in [1.54, 1.807) is 12.1 Å². The van der Waals surface area contributed by atoms with E-state index >= 15 is 0 Å². The maximum Gasteiger partial charge on any atom is 0.238 e. The van der Waals surface area contributed by atoms with Gasteiger partial charge in [0.25, 0.3) is 0 Å². The lowest BCUT2D eigenvalue weighted by molar-refractivity contribution is -0.120. The van der Waals surface area contributed by atoms with Gasteiger partial charge in [-0.15, -0.1) is 0 Å². The summed E-state index contributed by atoms with van der Waals surface area (Å²) in [4.78, 5) is 12.3. The zero-order valence-electron chi connectivity index (χ0n) is 15.7. The highest BCUT2D eigenvalue weighted by atomic mass is 32.2. The molecule has 1 amide bonds. The van der Waals surface area contributed by atoms with Crippen molar-refractivity contribution in [3.8, 4) is 5.75 Å². The normalized spacial score (nSPS) is 11.1. The number of nitrogens with two attached hydrogens (primary N) is 1. The van der Waals surface area contributed by atoms with Crippen LogP contribution in [0.25, 0.3) is 0 Å². The molecule has 0 unspecified atom stereocenters. The van der Waals surface area contributed by atoms with Crippen molar-refractivity contribution < 1.29 is 17.9 Å². The first kappa shape index (κ1) is 20.6. The summed E-state index contributed by atoms with van der Waals surface area (Å²) < 4.78 is 28.5. The van der Waals surface area contributed by atoms with E-state index in [1.807, 2.05) is 54.6 Å². The zero-order chi connectivity index (χ0) is 20.7. The molecule has 0 aliphatic carbocycles. The van der Waals surface area contributed by atoms with Gasteiger partial charge in [-0.1, -0.05) is 60.7 Å². The summed E-state index contributed by atoms with van der Waals surface area (Å²) in [5, 5.41) is 7.95. The molecule has 29 heavy (non-hydrogen) atoms. The van der Waals surface area contributed by atoms with Crippen LogP contribution in [0.1, 0.15) is 16.7 Å². The van der Waals surface area contributed by atoms with Crippen LogP contribution in [0.2, 0.25) is 0 Å². The van der Waals surface area contributed by atoms with Gasteiger partial charge in [0.15, 0.2) is 0 Å². The standard InChI is InChI=1S/C22H22N2O4S/c23-29(26,27)20-12-10-17(11-13-20)14-22(25)24-15-19-8-4-5-9-21(19)28-16-18-6-2-1-3-7-18/h1-13H,14-16H2,(H,24,25)(H2,23,26,27). The van der Waals surface area contributed by atoms with Gasteiger partial charge in [-0.05, 0) is 29.3 Å². The molecule has 150 valence electrons. The molecule has 6 nitrogen and oxygen atoms in total. The van der Waals surface area contributed by atoms with Crippen LogP contribution in [0.4, 0.5) is 0 Å². The van der Waals surface area contributed by atoms with E-state index in [1.165, 1.54) is 12.1 Å². The van der Waals surface area contributed by atoms with E-state index in [0.717, 1.165) is 11.1 Å². The third-order valence-electron chi connectivity index (χ3n) is 4.30. The molecule has 0 aliphatic heterocycles. The summed E-state index contributed by atoms with van der Waals surface area (Å²) in [7, 11) is -3.74. The predicted molar refractivity (Wildman–Crippen MR) is 111 cm³/mol. The first-order valence-corrected chi connectivity index (χ1v) is 10.6. The van der Waals surface area contributed by atoms with E-state index in [-0.39, 0.29) is 17.2 Å². The van der Waals surface area contributed by atoms with Crippen LogP contribution in [0.5, 0.6) is 5.75 Å². The van der Waals surface area contributed by atoms with Gasteiger partial charge in [0.05, 0.1) is 11.3 Å². The Hall–Kier alpha value is -3.16. The van der Waals surface area contributed by atoms with Crippen molar-refractivity contribution in [3.05, 3.63) is 95.6 Å². The number of ether oxygens (including phenoxy) is 1. The van der Waals surface area contributed by atoms with Gasteiger partial charge in [-0.2, -0.15) is 0 Å². The second-order valence-corrected chi connectivity index (χ2v) is 8.09. The molecule has 0 aromatic heterocycles. The molecular weight excluding hydrogens is 388 g/mol. The maximum absolute atomic E-state index is 12.3. The molecule has 3 aromatic rings. The van der Waals surface area contributed by atoms with E-state index in [4.69, 9.17) is 9.88 Å². The molecule has 0 radical (unpaired) electrons. The minimum atomic E-state index is -3.74. The number of hydrogen-bond donors (Lipinski definition) is 2. The molecule has 3 aromatic carbocycles. The summed E-state index contributed by atoms with van der Waals surface area (Å²) in [6.07, 6.45) is 0.137. The predicted octanol–water partition coefficient (Wildman–Crippen LogP) is 2.77. The first-order valence-electron chi connectivity index (χ1n) is 9.05. The van der Waals surface area contributed by atoms with Crippen LogP contribution in [0, 0.1) is 0 Å². The summed E-state index contributed by atoms with van der Waals surface area (Å²) in [6.45, 7) is 0.779. The van der Waals surface area contributed by atoms with E-state index < -0.39 is 10.0 Å². The number of carbonyl (C=O) groups is 1. The van der Waals surface area contributed by atoms with Gasteiger partial charge >= 0.3 is 0 Å². The summed E-state index contributed by atoms with van der Waals surface area (Å²) in [5.74, 6) is 0.542. The van der Waals surface area contributed by atoms with Gasteiger partial charge in [0, 0.05) is 12.1 Å². The molecule has 0 fully saturated rings. The molecule has 3 rings (SSSR count). The Morgan fingerprint density at radius 2 is 1.52 bits per heavy atom. The molecule has 7 heteroatoms. The zero-order valence-corrected chi connectivity index (χ0v) is 16.6. The summed E-state index contributed by atoms with van der Waals surface area (Å²) in [6, 6.07) is 23.4. The highest BCUT2D eigenvalue weighted by molar-refractivity contribution is 7.89. The van der Waals surface area contributed by atoms with Crippen molar-refractivity contribution >= 4 is 15.9 Å². The maximum atomic E-state index is 12.3. The van der Waals surface area contributed by atoms with Crippen LogP contribution in [-0.2, 0) is 34.4 Å². The summed E-state index contributed by atoms with van der Waals surface area (Å²) in [5.41, 5.74) is 2.64. The number of hydrogen-bond acceptors (Lipinski definition) is 4. The number of primary sulfonamides is 1. The van der Waals surface area contributed by atoms with E-state index in [9.17, 15) is 13.2 Å². The lowest BCUT2D eigenvalue weighted by Gasteiger charge is -2.12. The number of carbonyl (C=O) groups excluding carboxylic acids is 1. The van der Waals surface area contributed by atoms with Crippen molar-refractivity contribution in [2.75, 3.05) is 0 Å². The minimum absolute atomic E-state index is 0.0196. The van der Waals surface area contributed by atoms with Crippen LogP contribution in [0.15, 0.2) is 83.8 Å².